The maximum absolute atomic E-state index is 12.0. The molecular formula is C20H18ClN3O4. The Labute approximate surface area is 165 Å². The number of carbonyl (C=O) groups excluding carboxylic acids is 2. The van der Waals surface area contributed by atoms with Crippen LogP contribution in [0.2, 0.25) is 5.02 Å². The lowest BCUT2D eigenvalue weighted by atomic mass is 10.2. The number of fused-ring (bicyclic) bond motifs is 1. The number of benzene rings is 2. The molecular weight excluding hydrogens is 382 g/mol. The number of aromatic nitrogens is 2. The van der Waals surface area contributed by atoms with E-state index in [9.17, 15) is 14.4 Å². The molecule has 8 heteroatoms. The molecule has 1 aromatic heterocycles. The lowest BCUT2D eigenvalue weighted by Gasteiger charge is -2.08. The van der Waals surface area contributed by atoms with E-state index in [1.54, 1.807) is 42.5 Å². The van der Waals surface area contributed by atoms with Crippen LogP contribution in [-0.4, -0.2) is 28.5 Å². The van der Waals surface area contributed by atoms with Crippen molar-refractivity contribution < 1.29 is 14.3 Å². The van der Waals surface area contributed by atoms with E-state index >= 15 is 0 Å². The molecule has 2 aromatic carbocycles. The average molecular weight is 400 g/mol. The zero-order chi connectivity index (χ0) is 19.9. The zero-order valence-electron chi connectivity index (χ0n) is 14.9. The second kappa shape index (κ2) is 9.14. The summed E-state index contributed by atoms with van der Waals surface area (Å²) >= 11 is 5.95. The normalized spacial score (nSPS) is 10.6. The Morgan fingerprint density at radius 1 is 1.11 bits per heavy atom. The van der Waals surface area contributed by atoms with Crippen LogP contribution in [0.3, 0.4) is 0 Å². The standard InChI is InChI=1S/C20H18ClN3O4/c21-14-7-2-4-9-16(14)23-18(25)12-28-19(26)11-5-10-17-22-15-8-3-1-6-13(15)20(27)24-17/h1-4,6-9H,5,10-12H2,(H,23,25)(H,22,24,27). The molecule has 3 rings (SSSR count). The summed E-state index contributed by atoms with van der Waals surface area (Å²) in [7, 11) is 0. The molecule has 144 valence electrons. The maximum Gasteiger partial charge on any atom is 0.306 e. The molecule has 0 aliphatic rings. The first-order valence-electron chi connectivity index (χ1n) is 8.71. The van der Waals surface area contributed by atoms with E-state index in [0.29, 0.717) is 40.3 Å². The van der Waals surface area contributed by atoms with Gasteiger partial charge in [-0.2, -0.15) is 0 Å². The topological polar surface area (TPSA) is 101 Å². The summed E-state index contributed by atoms with van der Waals surface area (Å²) in [4.78, 5) is 42.7. The van der Waals surface area contributed by atoms with Crippen LogP contribution in [-0.2, 0) is 20.7 Å². The Hall–Kier alpha value is -3.19. The third kappa shape index (κ3) is 5.17. The number of aromatic amines is 1. The second-order valence-corrected chi connectivity index (χ2v) is 6.48. The van der Waals surface area contributed by atoms with Gasteiger partial charge >= 0.3 is 5.97 Å². The summed E-state index contributed by atoms with van der Waals surface area (Å²) < 4.78 is 4.96. The quantitative estimate of drug-likeness (QED) is 0.594. The fourth-order valence-electron chi connectivity index (χ4n) is 2.62. The number of esters is 1. The van der Waals surface area contributed by atoms with Crippen LogP contribution in [0.15, 0.2) is 53.3 Å². The maximum atomic E-state index is 12.0. The number of carbonyl (C=O) groups is 2. The van der Waals surface area contributed by atoms with Crippen molar-refractivity contribution in [3.63, 3.8) is 0 Å². The highest BCUT2D eigenvalue weighted by molar-refractivity contribution is 6.33. The minimum absolute atomic E-state index is 0.107. The highest BCUT2D eigenvalue weighted by atomic mass is 35.5. The molecule has 7 nitrogen and oxygen atoms in total. The molecule has 0 aliphatic heterocycles. The number of H-pyrrole nitrogens is 1. The monoisotopic (exact) mass is 399 g/mol. The first-order chi connectivity index (χ1) is 13.5. The van der Waals surface area contributed by atoms with Crippen LogP contribution in [0.4, 0.5) is 5.69 Å². The highest BCUT2D eigenvalue weighted by Crippen LogP contribution is 2.20. The molecule has 0 unspecified atom stereocenters. The van der Waals surface area contributed by atoms with Crippen molar-refractivity contribution in [1.82, 2.24) is 9.97 Å². The van der Waals surface area contributed by atoms with Crippen LogP contribution < -0.4 is 10.9 Å². The van der Waals surface area contributed by atoms with Crippen molar-refractivity contribution in [3.8, 4) is 0 Å². The summed E-state index contributed by atoms with van der Waals surface area (Å²) in [5, 5.41) is 3.50. The molecule has 0 saturated carbocycles. The minimum atomic E-state index is -0.502. The molecule has 0 aliphatic carbocycles. The molecule has 0 saturated heterocycles. The van der Waals surface area contributed by atoms with Gasteiger partial charge in [-0.3, -0.25) is 14.4 Å². The molecule has 0 atom stereocenters. The van der Waals surface area contributed by atoms with Gasteiger partial charge in [0.25, 0.3) is 11.5 Å². The van der Waals surface area contributed by atoms with Crippen LogP contribution in [0.5, 0.6) is 0 Å². The molecule has 0 fully saturated rings. The predicted molar refractivity (Wildman–Crippen MR) is 106 cm³/mol. The summed E-state index contributed by atoms with van der Waals surface area (Å²) in [6, 6.07) is 13.8. The summed E-state index contributed by atoms with van der Waals surface area (Å²) in [5.74, 6) is -0.465. The number of ether oxygens (including phenoxy) is 1. The van der Waals surface area contributed by atoms with Crippen LogP contribution >= 0.6 is 11.6 Å². The van der Waals surface area contributed by atoms with Gasteiger partial charge in [0, 0.05) is 12.8 Å². The Kier molecular flexibility index (Phi) is 6.39. The van der Waals surface area contributed by atoms with Crippen molar-refractivity contribution in [2.45, 2.75) is 19.3 Å². The number of amides is 1. The van der Waals surface area contributed by atoms with E-state index in [1.807, 2.05) is 6.07 Å². The van der Waals surface area contributed by atoms with Gasteiger partial charge in [-0.15, -0.1) is 0 Å². The van der Waals surface area contributed by atoms with E-state index < -0.39 is 18.5 Å². The lowest BCUT2D eigenvalue weighted by Crippen LogP contribution is -2.21. The van der Waals surface area contributed by atoms with Gasteiger partial charge in [0.1, 0.15) is 5.82 Å². The molecule has 0 radical (unpaired) electrons. The summed E-state index contributed by atoms with van der Waals surface area (Å²) in [5.41, 5.74) is 0.857. The molecule has 1 heterocycles. The van der Waals surface area contributed by atoms with Crippen LogP contribution in [0, 0.1) is 0 Å². The molecule has 28 heavy (non-hydrogen) atoms. The van der Waals surface area contributed by atoms with E-state index in [4.69, 9.17) is 16.3 Å². The predicted octanol–water partition coefficient (Wildman–Crippen LogP) is 3.08. The number of aryl methyl sites for hydroxylation is 1. The van der Waals surface area contributed by atoms with E-state index in [2.05, 4.69) is 15.3 Å². The average Bonchev–Trinajstić information content (AvgIpc) is 2.68. The van der Waals surface area contributed by atoms with Crippen molar-refractivity contribution in [1.29, 1.82) is 0 Å². The SMILES string of the molecule is O=C(COC(=O)CCCc1nc2ccccc2c(=O)[nH]1)Nc1ccccc1Cl. The van der Waals surface area contributed by atoms with Gasteiger partial charge in [0.05, 0.1) is 21.6 Å². The van der Waals surface area contributed by atoms with E-state index in [0.717, 1.165) is 0 Å². The first-order valence-corrected chi connectivity index (χ1v) is 9.08. The molecule has 2 N–H and O–H groups in total. The largest absolute Gasteiger partial charge is 0.456 e. The van der Waals surface area contributed by atoms with Gasteiger partial charge < -0.3 is 15.0 Å². The van der Waals surface area contributed by atoms with Gasteiger partial charge in [-0.05, 0) is 30.7 Å². The molecule has 0 spiro atoms. The van der Waals surface area contributed by atoms with Gasteiger partial charge in [0.15, 0.2) is 6.61 Å². The number of anilines is 1. The zero-order valence-corrected chi connectivity index (χ0v) is 15.7. The minimum Gasteiger partial charge on any atom is -0.456 e. The number of nitrogens with zero attached hydrogens (tertiary/aromatic N) is 1. The molecule has 1 amide bonds. The Bertz CT molecular complexity index is 1060. The molecule has 0 bridgehead atoms. The number of rotatable bonds is 7. The van der Waals surface area contributed by atoms with Crippen molar-refractivity contribution in [2.75, 3.05) is 11.9 Å². The van der Waals surface area contributed by atoms with E-state index in [-0.39, 0.29) is 12.0 Å². The third-order valence-corrected chi connectivity index (χ3v) is 4.30. The van der Waals surface area contributed by atoms with E-state index in [1.165, 1.54) is 0 Å². The Morgan fingerprint density at radius 2 is 1.86 bits per heavy atom. The number of nitrogens with one attached hydrogen (secondary N) is 2. The van der Waals surface area contributed by atoms with Gasteiger partial charge in [-0.25, -0.2) is 4.98 Å². The first kappa shape index (κ1) is 19.6. The fourth-order valence-corrected chi connectivity index (χ4v) is 2.80. The Balaban J connectivity index is 1.44. The fraction of sp³-hybridized carbons (Fsp3) is 0.200. The number of para-hydroxylation sites is 2. The van der Waals surface area contributed by atoms with Crippen LogP contribution in [0.1, 0.15) is 18.7 Å². The van der Waals surface area contributed by atoms with Crippen molar-refractivity contribution in [3.05, 3.63) is 69.7 Å². The molecule has 3 aromatic rings. The smallest absolute Gasteiger partial charge is 0.306 e. The van der Waals surface area contributed by atoms with Gasteiger partial charge in [-0.1, -0.05) is 35.9 Å². The number of hydrogen-bond acceptors (Lipinski definition) is 5. The summed E-state index contributed by atoms with van der Waals surface area (Å²) in [6.45, 7) is -0.394. The van der Waals surface area contributed by atoms with Crippen LogP contribution in [0.25, 0.3) is 10.9 Å². The number of halogens is 1. The van der Waals surface area contributed by atoms with Crippen molar-refractivity contribution >= 4 is 40.1 Å². The van der Waals surface area contributed by atoms with Crippen molar-refractivity contribution in [2.24, 2.45) is 0 Å². The Morgan fingerprint density at radius 3 is 2.68 bits per heavy atom. The second-order valence-electron chi connectivity index (χ2n) is 6.07. The number of hydrogen-bond donors (Lipinski definition) is 2. The third-order valence-electron chi connectivity index (χ3n) is 3.97. The lowest BCUT2D eigenvalue weighted by molar-refractivity contribution is -0.147. The highest BCUT2D eigenvalue weighted by Gasteiger charge is 2.10. The van der Waals surface area contributed by atoms with Gasteiger partial charge in [0.2, 0.25) is 0 Å². The summed E-state index contributed by atoms with van der Waals surface area (Å²) in [6.07, 6.45) is 0.961.